The Labute approximate surface area is 175 Å². The number of hydrogen-bond donors (Lipinski definition) is 2. The van der Waals surface area contributed by atoms with Gasteiger partial charge in [-0.1, -0.05) is 30.3 Å². The Balaban J connectivity index is 1.78. The first-order chi connectivity index (χ1) is 14.4. The molecule has 0 radical (unpaired) electrons. The summed E-state index contributed by atoms with van der Waals surface area (Å²) in [5, 5.41) is 10.3. The minimum atomic E-state index is -1.36. The summed E-state index contributed by atoms with van der Waals surface area (Å²) in [6.07, 6.45) is 1.25. The summed E-state index contributed by atoms with van der Waals surface area (Å²) in [7, 11) is 0. The number of aromatic nitrogens is 1. The zero-order chi connectivity index (χ0) is 21.4. The first-order valence-corrected chi connectivity index (χ1v) is 10.3. The van der Waals surface area contributed by atoms with Gasteiger partial charge in [0.05, 0.1) is 17.0 Å². The molecule has 1 saturated heterocycles. The number of thioether (sulfide) groups is 1. The first kappa shape index (κ1) is 20.0. The van der Waals surface area contributed by atoms with Crippen LogP contribution in [0, 0.1) is 5.82 Å². The van der Waals surface area contributed by atoms with Gasteiger partial charge in [0.1, 0.15) is 16.8 Å². The minimum Gasteiger partial charge on any atom is -0.477 e. The van der Waals surface area contributed by atoms with Gasteiger partial charge in [-0.3, -0.25) is 15.0 Å². The third kappa shape index (κ3) is 3.41. The van der Waals surface area contributed by atoms with Crippen LogP contribution in [0.25, 0.3) is 10.9 Å². The Morgan fingerprint density at radius 2 is 2.00 bits per heavy atom. The van der Waals surface area contributed by atoms with Crippen LogP contribution in [0.4, 0.5) is 10.1 Å². The molecule has 1 amide bonds. The van der Waals surface area contributed by atoms with E-state index in [0.29, 0.717) is 12.1 Å². The average Bonchev–Trinajstić information content (AvgIpc) is 3.10. The molecule has 1 aromatic heterocycles. The molecule has 1 fully saturated rings. The number of anilines is 1. The van der Waals surface area contributed by atoms with Gasteiger partial charge < -0.3 is 9.67 Å². The van der Waals surface area contributed by atoms with Crippen molar-refractivity contribution in [1.29, 1.82) is 0 Å². The molecule has 0 bridgehead atoms. The number of aromatic carboxylic acids is 1. The van der Waals surface area contributed by atoms with Crippen molar-refractivity contribution in [2.45, 2.75) is 18.8 Å². The van der Waals surface area contributed by atoms with E-state index in [1.54, 1.807) is 11.5 Å². The number of carbonyl (C=O) groups excluding carboxylic acids is 1. The number of halogens is 1. The fourth-order valence-corrected chi connectivity index (χ4v) is 4.56. The minimum absolute atomic E-state index is 0.0264. The van der Waals surface area contributed by atoms with Crippen molar-refractivity contribution in [3.8, 4) is 0 Å². The molecule has 0 aliphatic carbocycles. The van der Waals surface area contributed by atoms with Gasteiger partial charge in [0.25, 0.3) is 5.91 Å². The van der Waals surface area contributed by atoms with Gasteiger partial charge in [-0.05, 0) is 24.6 Å². The molecule has 154 valence electrons. The van der Waals surface area contributed by atoms with Crippen molar-refractivity contribution < 1.29 is 19.1 Å². The second kappa shape index (κ2) is 7.83. The number of carbonyl (C=O) groups is 2. The number of benzene rings is 2. The van der Waals surface area contributed by atoms with Gasteiger partial charge in [-0.25, -0.2) is 14.2 Å². The van der Waals surface area contributed by atoms with E-state index < -0.39 is 22.8 Å². The molecule has 1 aliphatic rings. The summed E-state index contributed by atoms with van der Waals surface area (Å²) >= 11 is 1.43. The van der Waals surface area contributed by atoms with E-state index in [1.165, 1.54) is 29.0 Å². The standard InChI is InChI=1S/C21H18FN3O4S/c1-2-24-10-14(21(28)29)19(27)13-8-15(22)16(9-17(13)24)23-25-18(26)11-30-20(25)12-6-4-3-5-7-12/h3-10,20,23H,2,11H2,1H3,(H,28,29). The van der Waals surface area contributed by atoms with Crippen molar-refractivity contribution in [3.05, 3.63) is 75.8 Å². The maximum Gasteiger partial charge on any atom is 0.341 e. The number of hydrogen-bond acceptors (Lipinski definition) is 5. The van der Waals surface area contributed by atoms with Crippen LogP contribution in [-0.2, 0) is 11.3 Å². The number of carboxylic acids is 1. The van der Waals surface area contributed by atoms with Crippen LogP contribution in [0.2, 0.25) is 0 Å². The van der Waals surface area contributed by atoms with Crippen LogP contribution in [0.15, 0.2) is 53.5 Å². The molecule has 0 saturated carbocycles. The quantitative estimate of drug-likeness (QED) is 0.648. The third-order valence-corrected chi connectivity index (χ3v) is 6.15. The maximum absolute atomic E-state index is 14.9. The molecule has 3 aromatic rings. The Morgan fingerprint density at radius 1 is 1.27 bits per heavy atom. The summed E-state index contributed by atoms with van der Waals surface area (Å²) in [6.45, 7) is 2.17. The lowest BCUT2D eigenvalue weighted by Gasteiger charge is -2.26. The average molecular weight is 427 g/mol. The molecule has 1 unspecified atom stereocenters. The van der Waals surface area contributed by atoms with E-state index in [2.05, 4.69) is 5.43 Å². The van der Waals surface area contributed by atoms with Crippen LogP contribution < -0.4 is 10.9 Å². The number of nitrogens with one attached hydrogen (secondary N) is 1. The monoisotopic (exact) mass is 427 g/mol. The molecule has 1 atom stereocenters. The molecule has 2 aromatic carbocycles. The molecule has 1 aliphatic heterocycles. The summed E-state index contributed by atoms with van der Waals surface area (Å²) < 4.78 is 16.4. The first-order valence-electron chi connectivity index (χ1n) is 9.26. The number of nitrogens with zero attached hydrogens (tertiary/aromatic N) is 2. The largest absolute Gasteiger partial charge is 0.477 e. The lowest BCUT2D eigenvalue weighted by Crippen LogP contribution is -2.34. The highest BCUT2D eigenvalue weighted by molar-refractivity contribution is 8.00. The number of amides is 1. The summed E-state index contributed by atoms with van der Waals surface area (Å²) in [4.78, 5) is 36.3. The molecule has 7 nitrogen and oxygen atoms in total. The molecular weight excluding hydrogens is 409 g/mol. The van der Waals surface area contributed by atoms with Gasteiger partial charge in [0.15, 0.2) is 0 Å². The van der Waals surface area contributed by atoms with Crippen molar-refractivity contribution >= 4 is 40.2 Å². The van der Waals surface area contributed by atoms with E-state index in [0.717, 1.165) is 11.6 Å². The smallest absolute Gasteiger partial charge is 0.341 e. The van der Waals surface area contributed by atoms with E-state index in [4.69, 9.17) is 0 Å². The lowest BCUT2D eigenvalue weighted by molar-refractivity contribution is -0.126. The number of pyridine rings is 1. The number of rotatable bonds is 5. The number of fused-ring (bicyclic) bond motifs is 1. The second-order valence-electron chi connectivity index (χ2n) is 6.76. The summed E-state index contributed by atoms with van der Waals surface area (Å²) in [5.74, 6) is -2.05. The summed E-state index contributed by atoms with van der Waals surface area (Å²) in [5.41, 5.74) is 3.01. The lowest BCUT2D eigenvalue weighted by atomic mass is 10.1. The van der Waals surface area contributed by atoms with Crippen molar-refractivity contribution in [3.63, 3.8) is 0 Å². The molecule has 30 heavy (non-hydrogen) atoms. The molecular formula is C21H18FN3O4S. The number of hydrazine groups is 1. The van der Waals surface area contributed by atoms with Crippen LogP contribution >= 0.6 is 11.8 Å². The topological polar surface area (TPSA) is 91.6 Å². The molecule has 2 N–H and O–H groups in total. The fourth-order valence-electron chi connectivity index (χ4n) is 3.45. The van der Waals surface area contributed by atoms with E-state index in [9.17, 15) is 23.9 Å². The predicted octanol–water partition coefficient (Wildman–Crippen LogP) is 3.46. The zero-order valence-corrected chi connectivity index (χ0v) is 16.8. The van der Waals surface area contributed by atoms with Crippen LogP contribution in [-0.4, -0.2) is 32.3 Å². The maximum atomic E-state index is 14.9. The normalized spacial score (nSPS) is 16.3. The highest BCUT2D eigenvalue weighted by Crippen LogP contribution is 2.39. The highest BCUT2D eigenvalue weighted by Gasteiger charge is 2.33. The zero-order valence-electron chi connectivity index (χ0n) is 16.0. The molecule has 2 heterocycles. The van der Waals surface area contributed by atoms with Gasteiger partial charge >= 0.3 is 5.97 Å². The Kier molecular flexibility index (Phi) is 5.21. The predicted molar refractivity (Wildman–Crippen MR) is 113 cm³/mol. The van der Waals surface area contributed by atoms with Crippen LogP contribution in [0.5, 0.6) is 0 Å². The van der Waals surface area contributed by atoms with Gasteiger partial charge in [-0.15, -0.1) is 11.8 Å². The van der Waals surface area contributed by atoms with Gasteiger partial charge in [0.2, 0.25) is 5.43 Å². The molecule has 4 rings (SSSR count). The van der Waals surface area contributed by atoms with Crippen molar-refractivity contribution in [2.75, 3.05) is 11.2 Å². The van der Waals surface area contributed by atoms with E-state index >= 15 is 0 Å². The van der Waals surface area contributed by atoms with Gasteiger partial charge in [0, 0.05) is 18.1 Å². The van der Waals surface area contributed by atoms with Crippen LogP contribution in [0.1, 0.15) is 28.2 Å². The second-order valence-corrected chi connectivity index (χ2v) is 7.83. The molecule has 9 heteroatoms. The third-order valence-electron chi connectivity index (χ3n) is 4.93. The highest BCUT2D eigenvalue weighted by atomic mass is 32.2. The molecule has 0 spiro atoms. The van der Waals surface area contributed by atoms with Crippen molar-refractivity contribution in [1.82, 2.24) is 9.58 Å². The van der Waals surface area contributed by atoms with Crippen molar-refractivity contribution in [2.24, 2.45) is 0 Å². The number of aryl methyl sites for hydroxylation is 1. The Hall–Kier alpha value is -3.33. The Bertz CT molecular complexity index is 1210. The fraction of sp³-hybridized carbons (Fsp3) is 0.190. The number of carboxylic acid groups (broad SMARTS) is 1. The Morgan fingerprint density at radius 3 is 2.67 bits per heavy atom. The van der Waals surface area contributed by atoms with Crippen LogP contribution in [0.3, 0.4) is 0 Å². The van der Waals surface area contributed by atoms with E-state index in [1.807, 2.05) is 30.3 Å². The van der Waals surface area contributed by atoms with Gasteiger partial charge in [-0.2, -0.15) is 0 Å². The van der Waals surface area contributed by atoms with E-state index in [-0.39, 0.29) is 28.1 Å². The summed E-state index contributed by atoms with van der Waals surface area (Å²) in [6, 6.07) is 11.8. The SMILES string of the molecule is CCn1cc(C(=O)O)c(=O)c2cc(F)c(NN3C(=O)CSC3c3ccccc3)cc21.